The Labute approximate surface area is 186 Å². The highest BCUT2D eigenvalue weighted by atomic mass is 32.1. The van der Waals surface area contributed by atoms with Crippen molar-refractivity contribution in [3.05, 3.63) is 58.9 Å². The molecular weight excluding hydrogens is 410 g/mol. The number of hydrogen-bond acceptors (Lipinski definition) is 6. The van der Waals surface area contributed by atoms with Gasteiger partial charge in [0.05, 0.1) is 6.61 Å². The molecule has 8 heteroatoms. The summed E-state index contributed by atoms with van der Waals surface area (Å²) in [5, 5.41) is 21.6. The Morgan fingerprint density at radius 1 is 1.23 bits per heavy atom. The van der Waals surface area contributed by atoms with Gasteiger partial charge < -0.3 is 9.30 Å². The van der Waals surface area contributed by atoms with E-state index < -0.39 is 5.91 Å². The maximum atomic E-state index is 12.6. The van der Waals surface area contributed by atoms with Gasteiger partial charge in [0, 0.05) is 24.0 Å². The third kappa shape index (κ3) is 6.03. The van der Waals surface area contributed by atoms with Gasteiger partial charge in [-0.1, -0.05) is 31.1 Å². The number of nitrogens with one attached hydrogen (secondary N) is 1. The Hall–Kier alpha value is -3.44. The van der Waals surface area contributed by atoms with Crippen LogP contribution in [0.3, 0.4) is 0 Å². The Morgan fingerprint density at radius 2 is 2.03 bits per heavy atom. The molecule has 1 amide bonds. The molecule has 0 saturated heterocycles. The fourth-order valence-electron chi connectivity index (χ4n) is 3.01. The predicted octanol–water partition coefficient (Wildman–Crippen LogP) is 5.01. The molecule has 0 atom stereocenters. The Morgan fingerprint density at radius 3 is 2.74 bits per heavy atom. The zero-order valence-corrected chi connectivity index (χ0v) is 18.5. The second kappa shape index (κ2) is 11.1. The number of carbonyl (C=O) groups is 1. The van der Waals surface area contributed by atoms with Crippen LogP contribution in [0.15, 0.2) is 48.2 Å². The highest BCUT2D eigenvalue weighted by molar-refractivity contribution is 7.15. The second-order valence-electron chi connectivity index (χ2n) is 6.81. The third-order valence-corrected chi connectivity index (χ3v) is 5.44. The van der Waals surface area contributed by atoms with E-state index in [9.17, 15) is 10.1 Å². The zero-order chi connectivity index (χ0) is 22.1. The quantitative estimate of drug-likeness (QED) is 0.275. The van der Waals surface area contributed by atoms with Crippen molar-refractivity contribution in [1.82, 2.24) is 14.8 Å². The summed E-state index contributed by atoms with van der Waals surface area (Å²) in [6, 6.07) is 13.3. The molecule has 0 aliphatic rings. The summed E-state index contributed by atoms with van der Waals surface area (Å²) in [6.07, 6.45) is 7.60. The number of unbranched alkanes of at least 4 members (excludes halogenated alkanes) is 2. The van der Waals surface area contributed by atoms with Gasteiger partial charge in [0.2, 0.25) is 5.13 Å². The van der Waals surface area contributed by atoms with E-state index in [4.69, 9.17) is 4.74 Å². The number of benzene rings is 1. The van der Waals surface area contributed by atoms with Crippen molar-refractivity contribution in [2.45, 2.75) is 39.5 Å². The number of nitriles is 1. The van der Waals surface area contributed by atoms with Crippen molar-refractivity contribution < 1.29 is 9.53 Å². The van der Waals surface area contributed by atoms with Crippen LogP contribution < -0.4 is 10.1 Å². The number of amides is 1. The van der Waals surface area contributed by atoms with Gasteiger partial charge in [-0.2, -0.15) is 5.26 Å². The van der Waals surface area contributed by atoms with Crippen LogP contribution in [-0.2, 0) is 11.2 Å². The molecule has 1 aromatic carbocycles. The number of rotatable bonds is 10. The van der Waals surface area contributed by atoms with Crippen LogP contribution in [0.5, 0.6) is 5.75 Å². The van der Waals surface area contributed by atoms with Crippen molar-refractivity contribution in [3.63, 3.8) is 0 Å². The number of nitrogens with zero attached hydrogens (tertiary/aromatic N) is 4. The number of aromatic nitrogens is 3. The molecule has 0 fully saturated rings. The summed E-state index contributed by atoms with van der Waals surface area (Å²) in [5.74, 6) is 0.289. The standard InChI is InChI=1S/C23H25N5O2S/c1-3-5-6-9-21-26-27-23(31-21)25-22(29)17(16-24)15-19-8-7-14-28(19)18-10-12-20(13-11-18)30-4-2/h7-8,10-15H,3-6,9H2,1-2H3,(H,25,27,29)/b17-15-. The molecule has 0 spiro atoms. The van der Waals surface area contributed by atoms with Crippen LogP contribution in [-0.4, -0.2) is 27.3 Å². The SMILES string of the molecule is CCCCCc1nnc(NC(=O)/C(C#N)=C\c2cccn2-c2ccc(OCC)cc2)s1. The minimum atomic E-state index is -0.502. The third-order valence-electron chi connectivity index (χ3n) is 4.54. The first-order chi connectivity index (χ1) is 15.1. The van der Waals surface area contributed by atoms with E-state index >= 15 is 0 Å². The average Bonchev–Trinajstić information content (AvgIpc) is 3.42. The summed E-state index contributed by atoms with van der Waals surface area (Å²) < 4.78 is 7.38. The van der Waals surface area contributed by atoms with Crippen LogP contribution in [0, 0.1) is 11.3 Å². The summed E-state index contributed by atoms with van der Waals surface area (Å²) in [4.78, 5) is 12.6. The molecule has 0 bridgehead atoms. The van der Waals surface area contributed by atoms with E-state index in [-0.39, 0.29) is 5.57 Å². The lowest BCUT2D eigenvalue weighted by atomic mass is 10.2. The van der Waals surface area contributed by atoms with Gasteiger partial charge in [0.15, 0.2) is 0 Å². The molecule has 31 heavy (non-hydrogen) atoms. The Bertz CT molecular complexity index is 1080. The average molecular weight is 436 g/mol. The molecule has 3 aromatic rings. The molecule has 0 unspecified atom stereocenters. The molecule has 1 N–H and O–H groups in total. The summed E-state index contributed by atoms with van der Waals surface area (Å²) in [6.45, 7) is 4.69. The van der Waals surface area contributed by atoms with Crippen molar-refractivity contribution in [2.75, 3.05) is 11.9 Å². The smallest absolute Gasteiger partial charge is 0.268 e. The molecule has 2 aromatic heterocycles. The molecule has 3 rings (SSSR count). The van der Waals surface area contributed by atoms with E-state index in [0.717, 1.165) is 42.1 Å². The fraction of sp³-hybridized carbons (Fsp3) is 0.304. The number of aryl methyl sites for hydroxylation is 1. The summed E-state index contributed by atoms with van der Waals surface area (Å²) in [5.41, 5.74) is 1.61. The lowest BCUT2D eigenvalue weighted by Crippen LogP contribution is -2.13. The predicted molar refractivity (Wildman–Crippen MR) is 122 cm³/mol. The fourth-order valence-corrected chi connectivity index (χ4v) is 3.79. The van der Waals surface area contributed by atoms with Gasteiger partial charge >= 0.3 is 0 Å². The van der Waals surface area contributed by atoms with Gasteiger partial charge in [-0.15, -0.1) is 10.2 Å². The normalized spacial score (nSPS) is 11.2. The largest absolute Gasteiger partial charge is 0.494 e. The monoisotopic (exact) mass is 435 g/mol. The van der Waals surface area contributed by atoms with Crippen molar-refractivity contribution in [1.29, 1.82) is 5.26 Å². The number of ether oxygens (including phenoxy) is 1. The lowest BCUT2D eigenvalue weighted by Gasteiger charge is -2.09. The molecule has 7 nitrogen and oxygen atoms in total. The molecule has 0 radical (unpaired) electrons. The van der Waals surface area contributed by atoms with E-state index in [1.807, 2.05) is 60.2 Å². The first kappa shape index (κ1) is 22.2. The molecule has 0 saturated carbocycles. The topological polar surface area (TPSA) is 92.8 Å². The molecule has 160 valence electrons. The van der Waals surface area contributed by atoms with Gasteiger partial charge in [-0.3, -0.25) is 10.1 Å². The maximum Gasteiger partial charge on any atom is 0.268 e. The van der Waals surface area contributed by atoms with Gasteiger partial charge in [-0.05, 0) is 55.8 Å². The minimum absolute atomic E-state index is 0.00591. The van der Waals surface area contributed by atoms with E-state index in [1.54, 1.807) is 6.08 Å². The second-order valence-corrected chi connectivity index (χ2v) is 7.87. The van der Waals surface area contributed by atoms with Gasteiger partial charge in [0.1, 0.15) is 22.4 Å². The van der Waals surface area contributed by atoms with Gasteiger partial charge in [-0.25, -0.2) is 0 Å². The summed E-state index contributed by atoms with van der Waals surface area (Å²) >= 11 is 1.34. The Kier molecular flexibility index (Phi) is 7.96. The lowest BCUT2D eigenvalue weighted by molar-refractivity contribution is -0.112. The highest BCUT2D eigenvalue weighted by Gasteiger charge is 2.14. The van der Waals surface area contributed by atoms with E-state index in [2.05, 4.69) is 22.4 Å². The first-order valence-electron chi connectivity index (χ1n) is 10.3. The first-order valence-corrected chi connectivity index (χ1v) is 11.1. The van der Waals surface area contributed by atoms with Crippen LogP contribution in [0.1, 0.15) is 43.8 Å². The van der Waals surface area contributed by atoms with Crippen LogP contribution >= 0.6 is 11.3 Å². The van der Waals surface area contributed by atoms with E-state index in [0.29, 0.717) is 17.4 Å². The number of hydrogen-bond donors (Lipinski definition) is 1. The Balaban J connectivity index is 1.73. The van der Waals surface area contributed by atoms with Crippen molar-refractivity contribution in [2.24, 2.45) is 0 Å². The maximum absolute atomic E-state index is 12.6. The summed E-state index contributed by atoms with van der Waals surface area (Å²) in [7, 11) is 0. The van der Waals surface area contributed by atoms with Crippen molar-refractivity contribution in [3.8, 4) is 17.5 Å². The van der Waals surface area contributed by atoms with Gasteiger partial charge in [0.25, 0.3) is 5.91 Å². The molecule has 0 aliphatic heterocycles. The van der Waals surface area contributed by atoms with Crippen molar-refractivity contribution >= 4 is 28.5 Å². The molecule has 0 aliphatic carbocycles. The number of carbonyl (C=O) groups excluding carboxylic acids is 1. The van der Waals surface area contributed by atoms with Crippen LogP contribution in [0.25, 0.3) is 11.8 Å². The molecular formula is C23H25N5O2S. The zero-order valence-electron chi connectivity index (χ0n) is 17.7. The highest BCUT2D eigenvalue weighted by Crippen LogP contribution is 2.21. The number of anilines is 1. The van der Waals surface area contributed by atoms with Crippen LogP contribution in [0.2, 0.25) is 0 Å². The molecule has 2 heterocycles. The van der Waals surface area contributed by atoms with Crippen LogP contribution in [0.4, 0.5) is 5.13 Å². The van der Waals surface area contributed by atoms with E-state index in [1.165, 1.54) is 11.3 Å². The minimum Gasteiger partial charge on any atom is -0.494 e.